The highest BCUT2D eigenvalue weighted by Gasteiger charge is 2.32. The van der Waals surface area contributed by atoms with E-state index in [1.165, 1.54) is 0 Å². The van der Waals surface area contributed by atoms with E-state index in [0.717, 1.165) is 38.8 Å². The Morgan fingerprint density at radius 1 is 0.822 bits per heavy atom. The van der Waals surface area contributed by atoms with Gasteiger partial charge < -0.3 is 20.2 Å². The Morgan fingerprint density at radius 2 is 1.40 bits per heavy atom. The largest absolute Gasteiger partial charge is 0.481 e. The lowest BCUT2D eigenvalue weighted by molar-refractivity contribution is -0.385. The number of carboxylic acids is 2. The van der Waals surface area contributed by atoms with E-state index in [1.807, 2.05) is 26.0 Å². The summed E-state index contributed by atoms with van der Waals surface area (Å²) in [6, 6.07) is 5.48. The van der Waals surface area contributed by atoms with Crippen LogP contribution in [0.4, 0.5) is 5.69 Å². The molecular weight excluding hydrogens is 574 g/mol. The summed E-state index contributed by atoms with van der Waals surface area (Å²) in [5, 5.41) is 31.7. The molecule has 0 fully saturated rings. The summed E-state index contributed by atoms with van der Waals surface area (Å²) >= 11 is 0. The monoisotopic (exact) mass is 607 g/mol. The third-order valence-electron chi connectivity index (χ3n) is 8.50. The van der Waals surface area contributed by atoms with Crippen molar-refractivity contribution < 1.29 is 24.7 Å². The number of hydrogen-bond donors (Lipinski definition) is 4. The minimum Gasteiger partial charge on any atom is -0.481 e. The van der Waals surface area contributed by atoms with Crippen molar-refractivity contribution in [2.45, 2.75) is 53.4 Å². The summed E-state index contributed by atoms with van der Waals surface area (Å²) < 4.78 is 0. The van der Waals surface area contributed by atoms with Crippen molar-refractivity contribution in [3.05, 3.63) is 92.6 Å². The van der Waals surface area contributed by atoms with Gasteiger partial charge in [-0.1, -0.05) is 25.3 Å². The lowest BCUT2D eigenvalue weighted by atomic mass is 9.99. The Morgan fingerprint density at radius 3 is 2.02 bits per heavy atom. The first-order valence-corrected chi connectivity index (χ1v) is 14.4. The molecule has 0 saturated heterocycles. The molecule has 0 unspecified atom stereocenters. The van der Waals surface area contributed by atoms with Crippen molar-refractivity contribution in [2.24, 2.45) is 0 Å². The van der Waals surface area contributed by atoms with E-state index >= 15 is 0 Å². The second-order valence-corrected chi connectivity index (χ2v) is 11.1. The number of nitrogens with zero attached hydrogens (tertiary/aromatic N) is 3. The highest BCUT2D eigenvalue weighted by molar-refractivity contribution is 6.01. The molecule has 230 valence electrons. The summed E-state index contributed by atoms with van der Waals surface area (Å²) in [6.07, 6.45) is 3.35. The van der Waals surface area contributed by atoms with E-state index < -0.39 is 16.9 Å². The Bertz CT molecular complexity index is 2080. The van der Waals surface area contributed by atoms with Gasteiger partial charge in [0.1, 0.15) is 11.4 Å². The number of nitrogens with one attached hydrogen (secondary N) is 2. The summed E-state index contributed by atoms with van der Waals surface area (Å²) in [4.78, 5) is 51.7. The molecule has 0 atom stereocenters. The second-order valence-electron chi connectivity index (χ2n) is 11.1. The topological polar surface area (TPSA) is 175 Å². The molecule has 5 heterocycles. The van der Waals surface area contributed by atoms with Crippen LogP contribution < -0.4 is 0 Å². The van der Waals surface area contributed by atoms with Crippen LogP contribution in [-0.4, -0.2) is 47.0 Å². The van der Waals surface area contributed by atoms with Crippen LogP contribution in [0.25, 0.3) is 50.4 Å². The molecular formula is C34H33N5O6. The maximum atomic E-state index is 12.7. The Kier molecular flexibility index (Phi) is 8.12. The fourth-order valence-corrected chi connectivity index (χ4v) is 6.06. The molecule has 2 aliphatic rings. The van der Waals surface area contributed by atoms with Crippen molar-refractivity contribution in [3.63, 3.8) is 0 Å². The van der Waals surface area contributed by atoms with E-state index in [4.69, 9.17) is 9.97 Å². The molecule has 11 nitrogen and oxygen atoms in total. The first kappa shape index (κ1) is 30.9. The second kappa shape index (κ2) is 11.8. The van der Waals surface area contributed by atoms with Gasteiger partial charge in [-0.25, -0.2) is 9.97 Å². The average molecular weight is 608 g/mol. The molecule has 0 aromatic carbocycles. The number of aromatic amines is 2. The van der Waals surface area contributed by atoms with Crippen LogP contribution in [0.5, 0.6) is 0 Å². The van der Waals surface area contributed by atoms with Crippen LogP contribution in [0.1, 0.15) is 78.1 Å². The molecule has 0 radical (unpaired) electrons. The standard InChI is InChI=1S/C34H33N5O6/c1-7-20-16(3)24-14-27-21(8-2)18(5)32(37-27)34(39(44)45)33-19(6)23(10-12-31(42)43)29(38-33)15-28-22(9-11-30(40)41)17(4)25(36-28)13-26(20)35-24/h7-8,13-15,35-36H,1-2,9-12H2,3-6H3,(H,40,41)(H,42,43). The normalized spacial score (nSPS) is 12.9. The predicted octanol–water partition coefficient (Wildman–Crippen LogP) is 7.41. The maximum Gasteiger partial charge on any atom is 0.320 e. The first-order valence-electron chi connectivity index (χ1n) is 14.4. The molecule has 0 amide bonds. The highest BCUT2D eigenvalue weighted by atomic mass is 16.6. The van der Waals surface area contributed by atoms with Gasteiger partial charge in [0.05, 0.1) is 16.3 Å². The van der Waals surface area contributed by atoms with Crippen LogP contribution in [0, 0.1) is 24.0 Å². The summed E-state index contributed by atoms with van der Waals surface area (Å²) in [5.41, 5.74) is 9.19. The third kappa shape index (κ3) is 5.48. The van der Waals surface area contributed by atoms with E-state index in [9.17, 15) is 29.9 Å². The van der Waals surface area contributed by atoms with Crippen molar-refractivity contribution >= 4 is 68.1 Å². The lowest BCUT2D eigenvalue weighted by Gasteiger charge is -2.04. The quantitative estimate of drug-likeness (QED) is 0.144. The van der Waals surface area contributed by atoms with Crippen LogP contribution >= 0.6 is 0 Å². The van der Waals surface area contributed by atoms with Gasteiger partial charge in [0, 0.05) is 46.0 Å². The molecule has 11 heteroatoms. The zero-order valence-corrected chi connectivity index (χ0v) is 25.5. The fraction of sp³-hybridized carbons (Fsp3) is 0.235. The van der Waals surface area contributed by atoms with Crippen molar-refractivity contribution in [1.29, 1.82) is 0 Å². The minimum absolute atomic E-state index is 0.0887. The van der Waals surface area contributed by atoms with Crippen LogP contribution in [0.3, 0.4) is 0 Å². The number of carboxylic acid groups (broad SMARTS) is 2. The number of H-pyrrole nitrogens is 2. The lowest BCUT2D eigenvalue weighted by Crippen LogP contribution is -1.98. The van der Waals surface area contributed by atoms with Crippen LogP contribution in [-0.2, 0) is 16.0 Å². The molecule has 5 rings (SSSR count). The summed E-state index contributed by atoms with van der Waals surface area (Å²) in [6.45, 7) is 15.2. The van der Waals surface area contributed by atoms with E-state index in [2.05, 4.69) is 23.1 Å². The third-order valence-corrected chi connectivity index (χ3v) is 8.50. The van der Waals surface area contributed by atoms with E-state index in [0.29, 0.717) is 39.2 Å². The average Bonchev–Trinajstić information content (AvgIpc) is 3.64. The van der Waals surface area contributed by atoms with Gasteiger partial charge in [-0.2, -0.15) is 0 Å². The number of carbonyl (C=O) groups is 2. The smallest absolute Gasteiger partial charge is 0.320 e. The van der Waals surface area contributed by atoms with E-state index in [1.54, 1.807) is 32.1 Å². The van der Waals surface area contributed by atoms with Gasteiger partial charge >= 0.3 is 17.6 Å². The SMILES string of the molecule is C=CC1=C(C)c2nc1cc1[nH]c(cc3[nH]c(cc4nc(c2[N+](=O)[O-])C(C)=C4CCC(=O)O)c(CCC(=O)O)c3C)c(C=C)c1C. The zero-order chi connectivity index (χ0) is 32.7. The van der Waals surface area contributed by atoms with Crippen molar-refractivity contribution in [2.75, 3.05) is 0 Å². The number of nitro groups is 1. The number of aryl methyl sites for hydroxylation is 3. The number of rotatable bonds is 9. The summed E-state index contributed by atoms with van der Waals surface area (Å²) in [5.74, 6) is -1.97. The number of allylic oxidation sites excluding steroid dienone is 5. The molecule has 0 spiro atoms. The molecule has 0 saturated carbocycles. The number of fused-ring (bicyclic) bond motifs is 8. The Labute approximate surface area is 258 Å². The maximum absolute atomic E-state index is 12.7. The number of hydrogen-bond acceptors (Lipinski definition) is 6. The predicted molar refractivity (Wildman–Crippen MR) is 175 cm³/mol. The van der Waals surface area contributed by atoms with Gasteiger partial charge in [0.25, 0.3) is 0 Å². The molecule has 2 aliphatic heterocycles. The number of aliphatic carboxylic acids is 2. The van der Waals surface area contributed by atoms with Gasteiger partial charge in [-0.3, -0.25) is 19.7 Å². The highest BCUT2D eigenvalue weighted by Crippen LogP contribution is 2.42. The molecule has 45 heavy (non-hydrogen) atoms. The summed E-state index contributed by atoms with van der Waals surface area (Å²) in [7, 11) is 0. The molecule has 3 aromatic rings. The van der Waals surface area contributed by atoms with Crippen LogP contribution in [0.15, 0.2) is 37.4 Å². The molecule has 4 N–H and O–H groups in total. The Hall–Kier alpha value is -5.58. The van der Waals surface area contributed by atoms with Crippen molar-refractivity contribution in [3.8, 4) is 0 Å². The van der Waals surface area contributed by atoms with Gasteiger partial charge in [-0.05, 0) is 92.1 Å². The van der Waals surface area contributed by atoms with Crippen molar-refractivity contribution in [1.82, 2.24) is 19.9 Å². The Balaban J connectivity index is 2.04. The van der Waals surface area contributed by atoms with Gasteiger partial charge in [0.2, 0.25) is 0 Å². The van der Waals surface area contributed by atoms with Gasteiger partial charge in [-0.15, -0.1) is 0 Å². The van der Waals surface area contributed by atoms with Gasteiger partial charge in [0.15, 0.2) is 0 Å². The number of aromatic nitrogens is 4. The van der Waals surface area contributed by atoms with E-state index in [-0.39, 0.29) is 42.8 Å². The molecule has 8 bridgehead atoms. The molecule has 0 aliphatic carbocycles. The zero-order valence-electron chi connectivity index (χ0n) is 25.5. The molecule has 3 aromatic heterocycles. The fourth-order valence-electron chi connectivity index (χ4n) is 6.06. The minimum atomic E-state index is -1.02. The van der Waals surface area contributed by atoms with Crippen LogP contribution in [0.2, 0.25) is 0 Å². The first-order chi connectivity index (χ1) is 21.4.